The first-order chi connectivity index (χ1) is 25.5. The summed E-state index contributed by atoms with van der Waals surface area (Å²) >= 11 is 0. The predicted molar refractivity (Wildman–Crippen MR) is 215 cm³/mol. The van der Waals surface area contributed by atoms with Gasteiger partial charge in [-0.05, 0) is 91.3 Å². The molecule has 0 amide bonds. The lowest BCUT2D eigenvalue weighted by atomic mass is 9.81. The number of imidazole rings is 1. The number of hydrogen-bond donors (Lipinski definition) is 0. The Morgan fingerprint density at radius 2 is 1.19 bits per heavy atom. The Labute approximate surface area is 300 Å². The second kappa shape index (κ2) is 10.7. The van der Waals surface area contributed by atoms with E-state index in [0.717, 1.165) is 50.0 Å². The minimum atomic E-state index is -0.111. The van der Waals surface area contributed by atoms with Crippen LogP contribution in [0.1, 0.15) is 25.0 Å². The Bertz CT molecular complexity index is 3050. The summed E-state index contributed by atoms with van der Waals surface area (Å²) in [5.41, 5.74) is 15.5. The fraction of sp³-hybridized carbons (Fsp3) is 0.0625. The SMILES string of the molecule is CC1(C)c2ccccc2-c2ccc(-c3cc(-c4c5ccccc5cc5ccccc45)c4nc5c6ccccc6nc(-c6ccncc6)c5n4c3)cc21. The van der Waals surface area contributed by atoms with Crippen molar-refractivity contribution in [2.45, 2.75) is 19.3 Å². The third-order valence-corrected chi connectivity index (χ3v) is 11.2. The van der Waals surface area contributed by atoms with Gasteiger partial charge < -0.3 is 0 Å². The van der Waals surface area contributed by atoms with E-state index in [9.17, 15) is 0 Å². The van der Waals surface area contributed by atoms with E-state index in [0.29, 0.717) is 0 Å². The fourth-order valence-electron chi connectivity index (χ4n) is 8.74. The Hall–Kier alpha value is -6.65. The molecule has 1 aliphatic carbocycles. The highest BCUT2D eigenvalue weighted by Crippen LogP contribution is 2.50. The summed E-state index contributed by atoms with van der Waals surface area (Å²) in [4.78, 5) is 15.2. The van der Waals surface area contributed by atoms with Crippen LogP contribution in [-0.4, -0.2) is 19.4 Å². The molecule has 1 aliphatic rings. The van der Waals surface area contributed by atoms with Crippen LogP contribution in [0.3, 0.4) is 0 Å². The summed E-state index contributed by atoms with van der Waals surface area (Å²) in [5, 5.41) is 5.85. The zero-order valence-corrected chi connectivity index (χ0v) is 28.8. The molecule has 6 aromatic carbocycles. The van der Waals surface area contributed by atoms with E-state index in [1.54, 1.807) is 0 Å². The van der Waals surface area contributed by atoms with Crippen LogP contribution >= 0.6 is 0 Å². The first-order valence-corrected chi connectivity index (χ1v) is 17.9. The summed E-state index contributed by atoms with van der Waals surface area (Å²) < 4.78 is 2.30. The molecule has 4 nitrogen and oxygen atoms in total. The van der Waals surface area contributed by atoms with E-state index >= 15 is 0 Å². The van der Waals surface area contributed by atoms with Gasteiger partial charge in [-0.1, -0.05) is 117 Å². The maximum absolute atomic E-state index is 5.57. The van der Waals surface area contributed by atoms with Gasteiger partial charge in [0.15, 0.2) is 0 Å². The molecule has 10 aromatic rings. The monoisotopic (exact) mass is 664 g/mol. The van der Waals surface area contributed by atoms with Gasteiger partial charge in [0.25, 0.3) is 0 Å². The molecule has 0 N–H and O–H groups in total. The lowest BCUT2D eigenvalue weighted by molar-refractivity contribution is 0.660. The van der Waals surface area contributed by atoms with Gasteiger partial charge in [-0.3, -0.25) is 9.38 Å². The highest BCUT2D eigenvalue weighted by molar-refractivity contribution is 6.16. The Morgan fingerprint density at radius 1 is 0.519 bits per heavy atom. The highest BCUT2D eigenvalue weighted by Gasteiger charge is 2.35. The van der Waals surface area contributed by atoms with Gasteiger partial charge in [0.05, 0.1) is 16.7 Å². The normalized spacial score (nSPS) is 13.3. The zero-order chi connectivity index (χ0) is 34.6. The lowest BCUT2D eigenvalue weighted by Crippen LogP contribution is -2.14. The number of nitrogens with zero attached hydrogens (tertiary/aromatic N) is 4. The summed E-state index contributed by atoms with van der Waals surface area (Å²) in [6.45, 7) is 4.69. The molecule has 11 rings (SSSR count). The zero-order valence-electron chi connectivity index (χ0n) is 28.8. The first kappa shape index (κ1) is 29.1. The van der Waals surface area contributed by atoms with E-state index < -0.39 is 0 Å². The molecule has 4 aromatic heterocycles. The van der Waals surface area contributed by atoms with Gasteiger partial charge in [0, 0.05) is 46.1 Å². The molecule has 0 saturated heterocycles. The topological polar surface area (TPSA) is 43.1 Å². The van der Waals surface area contributed by atoms with Crippen molar-refractivity contribution in [1.82, 2.24) is 19.4 Å². The Kier molecular flexibility index (Phi) is 5.98. The first-order valence-electron chi connectivity index (χ1n) is 17.9. The average molecular weight is 665 g/mol. The number of aromatic nitrogens is 4. The second-order valence-electron chi connectivity index (χ2n) is 14.5. The van der Waals surface area contributed by atoms with Crippen LogP contribution in [0.15, 0.2) is 158 Å². The van der Waals surface area contributed by atoms with E-state index in [4.69, 9.17) is 9.97 Å². The standard InChI is InChI=1S/C48H32N4/c1-48(2)40-17-9-7-15-36(40)37-20-19-30(27-41(37)48)33-26-39(43-34-13-5-3-11-31(34)25-32-12-4-6-14-35(32)43)47-51-45-38-16-8-10-18-42(38)50-44(46(45)52(47)28-33)29-21-23-49-24-22-29/h3-28H,1-2H3. The molecule has 0 atom stereocenters. The van der Waals surface area contributed by atoms with E-state index in [1.807, 2.05) is 30.6 Å². The maximum atomic E-state index is 5.57. The van der Waals surface area contributed by atoms with Crippen LogP contribution in [0.4, 0.5) is 0 Å². The smallest absolute Gasteiger partial charge is 0.146 e. The summed E-state index contributed by atoms with van der Waals surface area (Å²) in [6.07, 6.45) is 5.95. The number of hydrogen-bond acceptors (Lipinski definition) is 3. The van der Waals surface area contributed by atoms with Gasteiger partial charge >= 0.3 is 0 Å². The number of benzene rings is 6. The van der Waals surface area contributed by atoms with Crippen molar-refractivity contribution < 1.29 is 0 Å². The van der Waals surface area contributed by atoms with Crippen molar-refractivity contribution in [3.8, 4) is 44.6 Å². The van der Waals surface area contributed by atoms with Gasteiger partial charge in [0.1, 0.15) is 11.2 Å². The van der Waals surface area contributed by atoms with Crippen molar-refractivity contribution in [2.24, 2.45) is 0 Å². The van der Waals surface area contributed by atoms with Crippen molar-refractivity contribution in [1.29, 1.82) is 0 Å². The third kappa shape index (κ3) is 4.06. The van der Waals surface area contributed by atoms with Crippen LogP contribution in [0.25, 0.3) is 93.8 Å². The van der Waals surface area contributed by atoms with E-state index in [2.05, 4.69) is 151 Å². The highest BCUT2D eigenvalue weighted by atomic mass is 15.0. The second-order valence-corrected chi connectivity index (χ2v) is 14.5. The Morgan fingerprint density at radius 3 is 1.98 bits per heavy atom. The van der Waals surface area contributed by atoms with Crippen LogP contribution in [0.2, 0.25) is 0 Å². The minimum absolute atomic E-state index is 0.111. The van der Waals surface area contributed by atoms with Gasteiger partial charge in [-0.15, -0.1) is 0 Å². The molecule has 52 heavy (non-hydrogen) atoms. The number of fused-ring (bicyclic) bond motifs is 10. The molecule has 0 radical (unpaired) electrons. The molecule has 0 saturated carbocycles. The quantitative estimate of drug-likeness (QED) is 0.177. The van der Waals surface area contributed by atoms with Crippen LogP contribution in [0, 0.1) is 0 Å². The van der Waals surface area contributed by atoms with Crippen molar-refractivity contribution >= 4 is 49.1 Å². The Balaban J connectivity index is 1.30. The van der Waals surface area contributed by atoms with Crippen molar-refractivity contribution in [2.75, 3.05) is 0 Å². The van der Waals surface area contributed by atoms with E-state index in [1.165, 1.54) is 54.9 Å². The lowest BCUT2D eigenvalue weighted by Gasteiger charge is -2.22. The molecule has 0 fully saturated rings. The molecular weight excluding hydrogens is 633 g/mol. The number of rotatable bonds is 3. The van der Waals surface area contributed by atoms with Crippen LogP contribution in [-0.2, 0) is 5.41 Å². The molecule has 0 unspecified atom stereocenters. The van der Waals surface area contributed by atoms with Crippen molar-refractivity contribution in [3.63, 3.8) is 0 Å². The van der Waals surface area contributed by atoms with Gasteiger partial charge in [-0.2, -0.15) is 0 Å². The molecule has 0 bridgehead atoms. The molecular formula is C48H32N4. The summed E-state index contributed by atoms with van der Waals surface area (Å²) in [6, 6.07) is 50.4. The largest absolute Gasteiger partial charge is 0.296 e. The van der Waals surface area contributed by atoms with Gasteiger partial charge in [-0.25, -0.2) is 9.97 Å². The van der Waals surface area contributed by atoms with E-state index in [-0.39, 0.29) is 5.41 Å². The molecule has 4 heteroatoms. The molecule has 0 aliphatic heterocycles. The average Bonchev–Trinajstić information content (AvgIpc) is 3.69. The van der Waals surface area contributed by atoms with Gasteiger partial charge in [0.2, 0.25) is 0 Å². The van der Waals surface area contributed by atoms with Crippen LogP contribution < -0.4 is 0 Å². The fourth-order valence-corrected chi connectivity index (χ4v) is 8.74. The summed E-state index contributed by atoms with van der Waals surface area (Å²) in [7, 11) is 0. The number of pyridine rings is 3. The summed E-state index contributed by atoms with van der Waals surface area (Å²) in [5.74, 6) is 0. The maximum Gasteiger partial charge on any atom is 0.146 e. The third-order valence-electron chi connectivity index (χ3n) is 11.2. The number of para-hydroxylation sites is 1. The van der Waals surface area contributed by atoms with Crippen molar-refractivity contribution in [3.05, 3.63) is 169 Å². The minimum Gasteiger partial charge on any atom is -0.296 e. The molecule has 4 heterocycles. The van der Waals surface area contributed by atoms with Crippen LogP contribution in [0.5, 0.6) is 0 Å². The predicted octanol–water partition coefficient (Wildman–Crippen LogP) is 12.0. The molecule has 244 valence electrons. The molecule has 0 spiro atoms.